The monoisotopic (exact) mass is 519 g/mol. The lowest BCUT2D eigenvalue weighted by atomic mass is 9.95. The number of aryl methyl sites for hydroxylation is 1. The molecule has 0 saturated heterocycles. The minimum absolute atomic E-state index is 0.0371. The molecule has 5 rings (SSSR count). The van der Waals surface area contributed by atoms with Crippen LogP contribution < -0.4 is 16.4 Å². The van der Waals surface area contributed by atoms with Gasteiger partial charge in [0.15, 0.2) is 0 Å². The highest BCUT2D eigenvalue weighted by Gasteiger charge is 2.28. The van der Waals surface area contributed by atoms with Crippen LogP contribution in [0.4, 0.5) is 5.00 Å². The minimum atomic E-state index is -0.550. The van der Waals surface area contributed by atoms with Crippen molar-refractivity contribution in [2.45, 2.75) is 53.0 Å². The van der Waals surface area contributed by atoms with Crippen molar-refractivity contribution in [3.63, 3.8) is 0 Å². The van der Waals surface area contributed by atoms with Gasteiger partial charge in [-0.15, -0.1) is 11.3 Å². The molecule has 0 unspecified atom stereocenters. The van der Waals surface area contributed by atoms with Crippen LogP contribution in [0.1, 0.15) is 64.8 Å². The van der Waals surface area contributed by atoms with Gasteiger partial charge in [-0.05, 0) is 62.3 Å². The number of carbonyl (C=O) groups excluding carboxylic acids is 2. The van der Waals surface area contributed by atoms with Crippen molar-refractivity contribution >= 4 is 44.9 Å². The summed E-state index contributed by atoms with van der Waals surface area (Å²) >= 11 is 1.39. The Labute approximate surface area is 217 Å². The molecule has 37 heavy (non-hydrogen) atoms. The van der Waals surface area contributed by atoms with Crippen molar-refractivity contribution in [2.75, 3.05) is 11.9 Å². The number of carbonyl (C=O) groups is 2. The molecule has 4 aromatic heterocycles. The predicted octanol–water partition coefficient (Wildman–Crippen LogP) is 4.15. The highest BCUT2D eigenvalue weighted by Crippen LogP contribution is 2.38. The number of anilines is 1. The van der Waals surface area contributed by atoms with Crippen molar-refractivity contribution < 1.29 is 14.3 Å². The molecule has 2 N–H and O–H groups in total. The van der Waals surface area contributed by atoms with Gasteiger partial charge in [-0.3, -0.25) is 19.4 Å². The summed E-state index contributed by atoms with van der Waals surface area (Å²) in [4.78, 5) is 45.6. The van der Waals surface area contributed by atoms with E-state index >= 15 is 0 Å². The largest absolute Gasteiger partial charge is 0.462 e. The van der Waals surface area contributed by atoms with Crippen molar-refractivity contribution in [1.82, 2.24) is 14.0 Å². The number of amides is 1. The summed E-state index contributed by atoms with van der Waals surface area (Å²) in [6, 6.07) is 6.72. The van der Waals surface area contributed by atoms with E-state index in [9.17, 15) is 14.4 Å². The van der Waals surface area contributed by atoms with Crippen LogP contribution in [0.15, 0.2) is 35.3 Å². The lowest BCUT2D eigenvalue weighted by molar-refractivity contribution is 0.0526. The van der Waals surface area contributed by atoms with Gasteiger partial charge in [0.05, 0.1) is 23.1 Å². The molecule has 0 spiro atoms. The van der Waals surface area contributed by atoms with E-state index in [-0.39, 0.29) is 34.5 Å². The molecular weight excluding hydrogens is 490 g/mol. The van der Waals surface area contributed by atoms with E-state index < -0.39 is 11.9 Å². The Morgan fingerprint density at radius 3 is 2.78 bits per heavy atom. The van der Waals surface area contributed by atoms with Gasteiger partial charge in [-0.25, -0.2) is 9.78 Å². The van der Waals surface area contributed by atoms with Crippen LogP contribution in [-0.2, 0) is 24.1 Å². The molecule has 0 aromatic carbocycles. The Morgan fingerprint density at radius 2 is 2.03 bits per heavy atom. The summed E-state index contributed by atoms with van der Waals surface area (Å²) in [5.74, 6) is -0.859. The fraction of sp³-hybridized carbons (Fsp3) is 0.370. The number of aromatic nitrogens is 3. The van der Waals surface area contributed by atoms with E-state index in [1.54, 1.807) is 35.9 Å². The smallest absolute Gasteiger partial charge is 0.341 e. The van der Waals surface area contributed by atoms with Crippen LogP contribution in [0.3, 0.4) is 0 Å². The molecule has 0 saturated carbocycles. The molecule has 0 radical (unpaired) electrons. The summed E-state index contributed by atoms with van der Waals surface area (Å²) in [6.07, 6.45) is 5.26. The Bertz CT molecular complexity index is 1660. The second-order valence-electron chi connectivity index (χ2n) is 9.58. The highest BCUT2D eigenvalue weighted by atomic mass is 32.1. The molecule has 192 valence electrons. The number of ether oxygens (including phenoxy) is 1. The molecule has 0 bridgehead atoms. The summed E-state index contributed by atoms with van der Waals surface area (Å²) in [5, 5.41) is 12.5. The quantitative estimate of drug-likeness (QED) is 0.293. The van der Waals surface area contributed by atoms with Crippen LogP contribution in [0.25, 0.3) is 16.7 Å². The highest BCUT2D eigenvalue weighted by molar-refractivity contribution is 7.17. The van der Waals surface area contributed by atoms with Gasteiger partial charge in [0.1, 0.15) is 21.8 Å². The predicted molar refractivity (Wildman–Crippen MR) is 143 cm³/mol. The number of thiophene rings is 1. The minimum Gasteiger partial charge on any atom is -0.462 e. The maximum Gasteiger partial charge on any atom is 0.341 e. The third kappa shape index (κ3) is 4.46. The van der Waals surface area contributed by atoms with E-state index in [0.29, 0.717) is 28.4 Å². The maximum absolute atomic E-state index is 13.6. The van der Waals surface area contributed by atoms with Crippen molar-refractivity contribution in [3.05, 3.63) is 67.9 Å². The normalized spacial score (nSPS) is 13.2. The second kappa shape index (κ2) is 9.93. The SMILES string of the molecule is CCOC(=O)c1c(NC(=O)c2cc3c(=O)n4ccccc4nc3n(CC(C)C)c2=N)sc2c1CCCC2. The second-order valence-corrected chi connectivity index (χ2v) is 10.7. The van der Waals surface area contributed by atoms with Crippen LogP contribution in [0.2, 0.25) is 0 Å². The number of esters is 1. The van der Waals surface area contributed by atoms with Crippen LogP contribution in [0.5, 0.6) is 0 Å². The van der Waals surface area contributed by atoms with Gasteiger partial charge in [0, 0.05) is 17.6 Å². The van der Waals surface area contributed by atoms with Gasteiger partial charge in [0.2, 0.25) is 0 Å². The number of pyridine rings is 2. The van der Waals surface area contributed by atoms with Crippen LogP contribution in [-0.4, -0.2) is 32.4 Å². The standard InChI is InChI=1S/C27H29N5O4S/c1-4-36-27(35)21-16-9-5-6-10-19(16)37-25(21)30-24(33)17-13-18-23(32(22(17)28)14-15(2)3)29-20-11-7-8-12-31(20)26(18)34/h7-8,11-13,15,28H,4-6,9-10,14H2,1-3H3,(H,30,33). The van der Waals surface area contributed by atoms with E-state index in [2.05, 4.69) is 10.3 Å². The molecule has 10 heteroatoms. The molecular formula is C27H29N5O4S. The molecule has 0 fully saturated rings. The Balaban J connectivity index is 1.66. The van der Waals surface area contributed by atoms with Gasteiger partial charge < -0.3 is 14.6 Å². The first-order valence-corrected chi connectivity index (χ1v) is 13.3. The molecule has 1 aliphatic carbocycles. The van der Waals surface area contributed by atoms with Gasteiger partial charge >= 0.3 is 5.97 Å². The summed E-state index contributed by atoms with van der Waals surface area (Å²) < 4.78 is 8.35. The molecule has 9 nitrogen and oxygen atoms in total. The number of fused-ring (bicyclic) bond motifs is 3. The lowest BCUT2D eigenvalue weighted by Crippen LogP contribution is -2.33. The summed E-state index contributed by atoms with van der Waals surface area (Å²) in [5.41, 5.74) is 1.88. The average Bonchev–Trinajstić information content (AvgIpc) is 3.23. The van der Waals surface area contributed by atoms with Crippen molar-refractivity contribution in [1.29, 1.82) is 5.41 Å². The van der Waals surface area contributed by atoms with Crippen molar-refractivity contribution in [2.24, 2.45) is 5.92 Å². The number of nitrogens with zero attached hydrogens (tertiary/aromatic N) is 3. The molecule has 4 aromatic rings. The first-order chi connectivity index (χ1) is 17.8. The summed E-state index contributed by atoms with van der Waals surface area (Å²) in [6.45, 7) is 6.40. The molecule has 4 heterocycles. The Kier molecular flexibility index (Phi) is 6.68. The van der Waals surface area contributed by atoms with E-state index in [1.807, 2.05) is 13.8 Å². The van der Waals surface area contributed by atoms with Gasteiger partial charge in [-0.2, -0.15) is 0 Å². The lowest BCUT2D eigenvalue weighted by Gasteiger charge is -2.16. The van der Waals surface area contributed by atoms with Crippen molar-refractivity contribution in [3.8, 4) is 0 Å². The Morgan fingerprint density at radius 1 is 1.24 bits per heavy atom. The van der Waals surface area contributed by atoms with E-state index in [4.69, 9.17) is 10.1 Å². The number of nitrogens with one attached hydrogen (secondary N) is 2. The molecule has 0 aliphatic heterocycles. The molecule has 1 aliphatic rings. The number of hydrogen-bond donors (Lipinski definition) is 2. The fourth-order valence-corrected chi connectivity index (χ4v) is 6.12. The zero-order chi connectivity index (χ0) is 26.3. The maximum atomic E-state index is 13.6. The third-order valence-corrected chi connectivity index (χ3v) is 7.70. The fourth-order valence-electron chi connectivity index (χ4n) is 4.85. The zero-order valence-corrected chi connectivity index (χ0v) is 21.9. The van der Waals surface area contributed by atoms with E-state index in [1.165, 1.54) is 21.8 Å². The zero-order valence-electron chi connectivity index (χ0n) is 21.1. The van der Waals surface area contributed by atoms with Crippen LogP contribution >= 0.6 is 11.3 Å². The number of hydrogen-bond acceptors (Lipinski definition) is 7. The third-order valence-electron chi connectivity index (χ3n) is 6.49. The first kappa shape index (κ1) is 24.9. The van der Waals surface area contributed by atoms with Gasteiger partial charge in [-0.1, -0.05) is 19.9 Å². The average molecular weight is 520 g/mol. The first-order valence-electron chi connectivity index (χ1n) is 12.5. The number of rotatable bonds is 6. The molecule has 0 atom stereocenters. The van der Waals surface area contributed by atoms with E-state index in [0.717, 1.165) is 36.1 Å². The topological polar surface area (TPSA) is 119 Å². The van der Waals surface area contributed by atoms with Crippen LogP contribution in [0, 0.1) is 11.3 Å². The Hall–Kier alpha value is -3.79. The summed E-state index contributed by atoms with van der Waals surface area (Å²) in [7, 11) is 0. The molecule has 1 amide bonds. The van der Waals surface area contributed by atoms with Gasteiger partial charge in [0.25, 0.3) is 11.5 Å².